The van der Waals surface area contributed by atoms with Crippen LogP contribution in [0.15, 0.2) is 35.3 Å². The molecule has 0 aliphatic carbocycles. The van der Waals surface area contributed by atoms with E-state index in [2.05, 4.69) is 18.0 Å². The Morgan fingerprint density at radius 3 is 2.56 bits per heavy atom. The van der Waals surface area contributed by atoms with E-state index in [9.17, 15) is 4.79 Å². The highest BCUT2D eigenvalue weighted by molar-refractivity contribution is 5.65. The minimum absolute atomic E-state index is 0.358. The van der Waals surface area contributed by atoms with Gasteiger partial charge in [-0.15, -0.1) is 0 Å². The predicted molar refractivity (Wildman–Crippen MR) is 69.0 cm³/mol. The van der Waals surface area contributed by atoms with Gasteiger partial charge in [0.25, 0.3) is 0 Å². The second kappa shape index (κ2) is 4.84. The van der Waals surface area contributed by atoms with Gasteiger partial charge >= 0.3 is 5.69 Å². The minimum Gasteiger partial charge on any atom is -0.301 e. The van der Waals surface area contributed by atoms with Crippen molar-refractivity contribution in [1.82, 2.24) is 9.55 Å². The predicted octanol–water partition coefficient (Wildman–Crippen LogP) is 1.88. The molecule has 1 heterocycles. The first kappa shape index (κ1) is 12.1. The van der Waals surface area contributed by atoms with Crippen molar-refractivity contribution in [3.63, 3.8) is 0 Å². The number of nitriles is 1. The molecule has 0 fully saturated rings. The average molecular weight is 239 g/mol. The lowest BCUT2D eigenvalue weighted by Gasteiger charge is -2.05. The van der Waals surface area contributed by atoms with E-state index >= 15 is 0 Å². The minimum atomic E-state index is -0.358. The van der Waals surface area contributed by atoms with Gasteiger partial charge in [-0.05, 0) is 12.0 Å². The highest BCUT2D eigenvalue weighted by atomic mass is 16.1. The number of nitrogens with zero attached hydrogens (tertiary/aromatic N) is 3. The van der Waals surface area contributed by atoms with Crippen LogP contribution in [-0.2, 0) is 13.5 Å². The van der Waals surface area contributed by atoms with Gasteiger partial charge in [0.05, 0.1) is 11.3 Å². The second-order valence-corrected chi connectivity index (χ2v) is 4.06. The van der Waals surface area contributed by atoms with Crippen LogP contribution >= 0.6 is 0 Å². The monoisotopic (exact) mass is 239 g/mol. The van der Waals surface area contributed by atoms with Gasteiger partial charge in [0.1, 0.15) is 6.07 Å². The van der Waals surface area contributed by atoms with E-state index in [0.29, 0.717) is 11.3 Å². The van der Waals surface area contributed by atoms with Crippen molar-refractivity contribution in [2.24, 2.45) is 7.05 Å². The molecule has 4 heteroatoms. The maximum atomic E-state index is 11.5. The lowest BCUT2D eigenvalue weighted by Crippen LogP contribution is -2.20. The summed E-state index contributed by atoms with van der Waals surface area (Å²) in [6.45, 7) is 2.08. The van der Waals surface area contributed by atoms with E-state index < -0.39 is 0 Å². The highest BCUT2D eigenvalue weighted by Crippen LogP contribution is 2.20. The van der Waals surface area contributed by atoms with Crippen LogP contribution in [0.1, 0.15) is 18.1 Å². The van der Waals surface area contributed by atoms with Crippen molar-refractivity contribution < 1.29 is 0 Å². The Balaban J connectivity index is 2.59. The summed E-state index contributed by atoms with van der Waals surface area (Å²) in [6.07, 6.45) is 2.47. The summed E-state index contributed by atoms with van der Waals surface area (Å²) in [6, 6.07) is 9.81. The number of rotatable bonds is 2. The summed E-state index contributed by atoms with van der Waals surface area (Å²) >= 11 is 0. The smallest absolute Gasteiger partial charge is 0.301 e. The second-order valence-electron chi connectivity index (χ2n) is 4.06. The Bertz CT molecular complexity index is 663. The molecule has 18 heavy (non-hydrogen) atoms. The molecule has 90 valence electrons. The summed E-state index contributed by atoms with van der Waals surface area (Å²) in [7, 11) is 1.58. The van der Waals surface area contributed by atoms with Crippen molar-refractivity contribution in [3.05, 3.63) is 52.1 Å². The molecule has 0 saturated heterocycles. The van der Waals surface area contributed by atoms with Gasteiger partial charge in [0.15, 0.2) is 0 Å². The number of benzene rings is 1. The fourth-order valence-corrected chi connectivity index (χ4v) is 1.74. The molecule has 1 aromatic heterocycles. The van der Waals surface area contributed by atoms with Gasteiger partial charge < -0.3 is 4.57 Å². The van der Waals surface area contributed by atoms with E-state index in [1.165, 1.54) is 16.3 Å². The van der Waals surface area contributed by atoms with Crippen LogP contribution in [0.4, 0.5) is 0 Å². The van der Waals surface area contributed by atoms with Crippen LogP contribution in [0.2, 0.25) is 0 Å². The normalized spacial score (nSPS) is 10.1. The van der Waals surface area contributed by atoms with Gasteiger partial charge in [0.2, 0.25) is 0 Å². The maximum absolute atomic E-state index is 11.5. The number of aromatic nitrogens is 2. The zero-order chi connectivity index (χ0) is 13.1. The first-order valence-electron chi connectivity index (χ1n) is 5.72. The molecule has 0 saturated carbocycles. The van der Waals surface area contributed by atoms with Crippen LogP contribution in [0.3, 0.4) is 0 Å². The Hall–Kier alpha value is -2.41. The van der Waals surface area contributed by atoms with E-state index in [-0.39, 0.29) is 5.69 Å². The van der Waals surface area contributed by atoms with Crippen molar-refractivity contribution in [2.45, 2.75) is 13.3 Å². The van der Waals surface area contributed by atoms with Crippen molar-refractivity contribution in [3.8, 4) is 17.3 Å². The number of hydrogen-bond donors (Lipinski definition) is 0. The van der Waals surface area contributed by atoms with Crippen LogP contribution in [0.25, 0.3) is 11.3 Å². The molecule has 1 aromatic carbocycles. The lowest BCUT2D eigenvalue weighted by molar-refractivity contribution is 0.809. The number of hydrogen-bond acceptors (Lipinski definition) is 3. The quantitative estimate of drug-likeness (QED) is 0.804. The van der Waals surface area contributed by atoms with Gasteiger partial charge in [0, 0.05) is 18.8 Å². The summed E-state index contributed by atoms with van der Waals surface area (Å²) < 4.78 is 1.31. The Labute approximate surface area is 105 Å². The topological polar surface area (TPSA) is 58.7 Å². The van der Waals surface area contributed by atoms with Crippen LogP contribution in [-0.4, -0.2) is 9.55 Å². The van der Waals surface area contributed by atoms with Crippen LogP contribution in [0.5, 0.6) is 0 Å². The Morgan fingerprint density at radius 1 is 1.33 bits per heavy atom. The molecule has 0 spiro atoms. The van der Waals surface area contributed by atoms with Crippen LogP contribution in [0, 0.1) is 11.3 Å². The van der Waals surface area contributed by atoms with E-state index in [1.807, 2.05) is 24.3 Å². The first-order chi connectivity index (χ1) is 8.65. The van der Waals surface area contributed by atoms with Gasteiger partial charge in [-0.1, -0.05) is 31.2 Å². The zero-order valence-corrected chi connectivity index (χ0v) is 10.3. The largest absolute Gasteiger partial charge is 0.347 e. The Kier molecular flexibility index (Phi) is 3.24. The molecule has 2 rings (SSSR count). The molecule has 0 unspecified atom stereocenters. The zero-order valence-electron chi connectivity index (χ0n) is 10.3. The summed E-state index contributed by atoms with van der Waals surface area (Å²) in [5.41, 5.74) is 2.50. The standard InChI is InChI=1S/C14H13N3O/c1-3-10-4-6-11(7-5-10)13-12(8-15)9-17(2)14(18)16-13/h4-7,9H,3H2,1-2H3. The number of aryl methyl sites for hydroxylation is 2. The van der Waals surface area contributed by atoms with E-state index in [0.717, 1.165) is 12.0 Å². The fraction of sp³-hybridized carbons (Fsp3) is 0.214. The molecular formula is C14H13N3O. The van der Waals surface area contributed by atoms with E-state index in [4.69, 9.17) is 5.26 Å². The molecule has 0 radical (unpaired) electrons. The third-order valence-electron chi connectivity index (χ3n) is 2.84. The van der Waals surface area contributed by atoms with E-state index in [1.54, 1.807) is 7.05 Å². The molecule has 0 atom stereocenters. The van der Waals surface area contributed by atoms with Gasteiger partial charge in [-0.2, -0.15) is 10.2 Å². The molecule has 2 aromatic rings. The molecule has 0 aliphatic heterocycles. The molecule has 0 aliphatic rings. The fourth-order valence-electron chi connectivity index (χ4n) is 1.74. The summed E-state index contributed by atoms with van der Waals surface area (Å²) in [4.78, 5) is 15.5. The third-order valence-corrected chi connectivity index (χ3v) is 2.84. The molecular weight excluding hydrogens is 226 g/mol. The van der Waals surface area contributed by atoms with Crippen molar-refractivity contribution in [1.29, 1.82) is 5.26 Å². The van der Waals surface area contributed by atoms with Crippen LogP contribution < -0.4 is 5.69 Å². The Morgan fingerprint density at radius 2 is 2.00 bits per heavy atom. The molecule has 0 amide bonds. The van der Waals surface area contributed by atoms with Crippen molar-refractivity contribution >= 4 is 0 Å². The summed E-state index contributed by atoms with van der Waals surface area (Å²) in [5.74, 6) is 0. The lowest BCUT2D eigenvalue weighted by atomic mass is 10.0. The maximum Gasteiger partial charge on any atom is 0.347 e. The van der Waals surface area contributed by atoms with Gasteiger partial charge in [-0.3, -0.25) is 0 Å². The first-order valence-corrected chi connectivity index (χ1v) is 5.72. The SMILES string of the molecule is CCc1ccc(-c2nc(=O)n(C)cc2C#N)cc1. The highest BCUT2D eigenvalue weighted by Gasteiger charge is 2.09. The third kappa shape index (κ3) is 2.16. The molecule has 0 N–H and O–H groups in total. The average Bonchev–Trinajstić information content (AvgIpc) is 2.41. The molecule has 4 nitrogen and oxygen atoms in total. The van der Waals surface area contributed by atoms with Crippen molar-refractivity contribution in [2.75, 3.05) is 0 Å². The summed E-state index contributed by atoms with van der Waals surface area (Å²) in [5, 5.41) is 9.09. The molecule has 0 bridgehead atoms. The van der Waals surface area contributed by atoms with Gasteiger partial charge in [-0.25, -0.2) is 4.79 Å².